The van der Waals surface area contributed by atoms with Gasteiger partial charge < -0.3 is 4.42 Å². The lowest BCUT2D eigenvalue weighted by Crippen LogP contribution is -2.29. The fourth-order valence-corrected chi connectivity index (χ4v) is 2.88. The van der Waals surface area contributed by atoms with Crippen molar-refractivity contribution in [3.8, 4) is 0 Å². The third-order valence-electron chi connectivity index (χ3n) is 3.07. The lowest BCUT2D eigenvalue weighted by atomic mass is 10.1. The Hall–Kier alpha value is -0.930. The van der Waals surface area contributed by atoms with E-state index in [4.69, 9.17) is 4.42 Å². The number of benzene rings is 1. The van der Waals surface area contributed by atoms with Crippen LogP contribution >= 0.6 is 0 Å². The van der Waals surface area contributed by atoms with Gasteiger partial charge in [-0.1, -0.05) is 25.1 Å². The molecule has 3 heteroatoms. The number of nitrogens with one attached hydrogen (secondary N) is 1. The predicted molar refractivity (Wildman–Crippen MR) is 85.7 cm³/mol. The van der Waals surface area contributed by atoms with Gasteiger partial charge in [0.1, 0.15) is 22.1 Å². The Kier molecular flexibility index (Phi) is 4.26. The van der Waals surface area contributed by atoms with Crippen LogP contribution in [0.25, 0.3) is 11.0 Å². The number of thiol groups is 1. The number of hydrogen-bond acceptors (Lipinski definition) is 2. The lowest BCUT2D eigenvalue weighted by molar-refractivity contribution is 0.492. The summed E-state index contributed by atoms with van der Waals surface area (Å²) in [6, 6.07) is 8.54. The molecule has 2 nitrogen and oxygen atoms in total. The van der Waals surface area contributed by atoms with Crippen LogP contribution in [-0.4, -0.2) is 4.75 Å². The third-order valence-corrected chi connectivity index (χ3v) is 4.26. The van der Waals surface area contributed by atoms with Crippen molar-refractivity contribution >= 4 is 22.9 Å². The highest BCUT2D eigenvalue weighted by Crippen LogP contribution is 2.30. The van der Waals surface area contributed by atoms with Gasteiger partial charge in [0.15, 0.2) is 0 Å². The first-order valence-corrected chi connectivity index (χ1v) is 7.79. The minimum Gasteiger partial charge on any atom is -0.459 e. The van der Waals surface area contributed by atoms with E-state index in [0.717, 1.165) is 17.8 Å². The summed E-state index contributed by atoms with van der Waals surface area (Å²) >= 11 is 1.24. The van der Waals surface area contributed by atoms with Crippen molar-refractivity contribution in [1.29, 1.82) is 0 Å². The summed E-state index contributed by atoms with van der Waals surface area (Å²) in [4.78, 5) is 0. The Morgan fingerprint density at radius 3 is 2.58 bits per heavy atom. The second kappa shape index (κ2) is 5.59. The predicted octanol–water partition coefficient (Wildman–Crippen LogP) is 4.17. The van der Waals surface area contributed by atoms with Crippen LogP contribution in [0.1, 0.15) is 52.0 Å². The Bertz CT molecular complexity index is 553. The van der Waals surface area contributed by atoms with E-state index < -0.39 is 0 Å². The molecule has 2 rings (SSSR count). The van der Waals surface area contributed by atoms with Crippen molar-refractivity contribution in [2.45, 2.75) is 51.8 Å². The van der Waals surface area contributed by atoms with E-state index in [2.05, 4.69) is 51.5 Å². The van der Waals surface area contributed by atoms with Crippen molar-refractivity contribution in [3.05, 3.63) is 35.6 Å². The van der Waals surface area contributed by atoms with E-state index in [1.54, 1.807) is 0 Å². The van der Waals surface area contributed by atoms with Crippen molar-refractivity contribution in [1.82, 2.24) is 4.72 Å². The van der Waals surface area contributed by atoms with Gasteiger partial charge in [0.2, 0.25) is 0 Å². The van der Waals surface area contributed by atoms with Crippen LogP contribution in [0.2, 0.25) is 0 Å². The monoisotopic (exact) mass is 278 g/mol. The molecule has 0 unspecified atom stereocenters. The van der Waals surface area contributed by atoms with Gasteiger partial charge >= 0.3 is 0 Å². The maximum absolute atomic E-state index is 6.05. The fourth-order valence-electron chi connectivity index (χ4n) is 2.18. The Morgan fingerprint density at radius 1 is 1.26 bits per heavy atom. The van der Waals surface area contributed by atoms with E-state index in [1.165, 1.54) is 22.9 Å². The minimum absolute atomic E-state index is 0.239. The van der Waals surface area contributed by atoms with Gasteiger partial charge in [-0.05, 0) is 40.2 Å². The normalized spacial score (nSPS) is 13.9. The molecule has 1 heterocycles. The van der Waals surface area contributed by atoms with Gasteiger partial charge in [0.25, 0.3) is 0 Å². The Balaban J connectivity index is 2.28. The molecule has 1 N–H and O–H groups in total. The van der Waals surface area contributed by atoms with Crippen LogP contribution in [0, 0.1) is 0 Å². The van der Waals surface area contributed by atoms with Gasteiger partial charge in [-0.15, -0.1) is 4.72 Å². The third kappa shape index (κ3) is 3.34. The van der Waals surface area contributed by atoms with Gasteiger partial charge in [0, 0.05) is 10.9 Å². The number of hydrogen-bond donors (Lipinski definition) is 1. The van der Waals surface area contributed by atoms with Crippen molar-refractivity contribution in [3.63, 3.8) is 0 Å². The summed E-state index contributed by atoms with van der Waals surface area (Å²) in [5, 5.41) is 1.25. The molecule has 1 aromatic heterocycles. The van der Waals surface area contributed by atoms with Crippen LogP contribution in [0.15, 0.2) is 28.7 Å². The first kappa shape index (κ1) is 14.5. The average molecular weight is 278 g/mol. The summed E-state index contributed by atoms with van der Waals surface area (Å²) in [5.74, 6) is 1.08. The van der Waals surface area contributed by atoms with Gasteiger partial charge in [-0.25, -0.2) is 0 Å². The second-order valence-electron chi connectivity index (χ2n) is 5.93. The number of rotatable bonds is 4. The van der Waals surface area contributed by atoms with Crippen molar-refractivity contribution in [2.75, 3.05) is 0 Å². The number of fused-ring (bicyclic) bond motifs is 1. The highest BCUT2D eigenvalue weighted by molar-refractivity contribution is 7.77. The molecule has 0 saturated carbocycles. The van der Waals surface area contributed by atoms with E-state index >= 15 is 0 Å². The van der Waals surface area contributed by atoms with E-state index in [1.807, 2.05) is 12.1 Å². The summed E-state index contributed by atoms with van der Waals surface area (Å²) in [6.45, 7) is 11.1. The second-order valence-corrected chi connectivity index (χ2v) is 7.75. The number of aryl methyl sites for hydroxylation is 1. The Morgan fingerprint density at radius 2 is 1.95 bits per heavy atom. The summed E-state index contributed by atoms with van der Waals surface area (Å²) in [6.07, 6.45) is 1.00. The van der Waals surface area contributed by atoms with Crippen molar-refractivity contribution < 1.29 is 4.42 Å². The molecular formula is C16H24NOS+. The van der Waals surface area contributed by atoms with E-state index in [0.29, 0.717) is 0 Å². The molecule has 0 radical (unpaired) electrons. The Labute approximate surface area is 120 Å². The summed E-state index contributed by atoms with van der Waals surface area (Å²) in [5.41, 5.74) is 2.33. The van der Waals surface area contributed by atoms with Crippen LogP contribution in [-0.2, 0) is 18.4 Å². The maximum atomic E-state index is 6.05. The molecule has 0 amide bonds. The molecule has 19 heavy (non-hydrogen) atoms. The summed E-state index contributed by atoms with van der Waals surface area (Å²) < 4.78 is 9.86. The number of furan rings is 1. The highest BCUT2D eigenvalue weighted by atomic mass is 32.2. The van der Waals surface area contributed by atoms with Gasteiger partial charge in [-0.2, -0.15) is 0 Å². The molecule has 0 bridgehead atoms. The van der Waals surface area contributed by atoms with Crippen LogP contribution in [0.3, 0.4) is 0 Å². The van der Waals surface area contributed by atoms with Crippen LogP contribution in [0.4, 0.5) is 0 Å². The molecule has 0 aliphatic carbocycles. The fraction of sp³-hybridized carbons (Fsp3) is 0.500. The number of para-hydroxylation sites is 1. The molecule has 0 aliphatic rings. The zero-order valence-corrected chi connectivity index (χ0v) is 13.3. The standard InChI is InChI=1S/C16H23NOS/c1-6-12-13-9-7-8-10-14(13)18-15(12)11(2)17-19-16(3,4)5/h7-11,17H,6H2,1-5H3/p+1/t11-/m1/s1. The highest BCUT2D eigenvalue weighted by Gasteiger charge is 2.25. The topological polar surface area (TPSA) is 25.2 Å². The molecule has 2 aromatic rings. The molecule has 104 valence electrons. The molecule has 0 aliphatic heterocycles. The quantitative estimate of drug-likeness (QED) is 0.670. The van der Waals surface area contributed by atoms with Gasteiger partial charge in [-0.3, -0.25) is 0 Å². The maximum Gasteiger partial charge on any atom is 0.136 e. The lowest BCUT2D eigenvalue weighted by Gasteiger charge is -2.13. The molecule has 1 atom stereocenters. The molecular weight excluding hydrogens is 254 g/mol. The molecule has 0 fully saturated rings. The average Bonchev–Trinajstić information content (AvgIpc) is 2.73. The van der Waals surface area contributed by atoms with E-state index in [-0.39, 0.29) is 10.8 Å². The first-order valence-electron chi connectivity index (χ1n) is 6.90. The van der Waals surface area contributed by atoms with Crippen molar-refractivity contribution in [2.24, 2.45) is 0 Å². The SMILES string of the molecule is CCc1c([C@@H](C)N[SH+]C(C)(C)C)oc2ccccc12. The minimum atomic E-state index is 0.239. The first-order chi connectivity index (χ1) is 8.92. The van der Waals surface area contributed by atoms with Crippen LogP contribution < -0.4 is 4.72 Å². The zero-order valence-electron chi connectivity index (χ0n) is 12.4. The molecule has 0 spiro atoms. The van der Waals surface area contributed by atoms with Crippen LogP contribution in [0.5, 0.6) is 0 Å². The smallest absolute Gasteiger partial charge is 0.136 e. The molecule has 0 saturated heterocycles. The summed E-state index contributed by atoms with van der Waals surface area (Å²) in [7, 11) is 0. The molecule has 1 aromatic carbocycles. The van der Waals surface area contributed by atoms with E-state index in [9.17, 15) is 0 Å². The van der Waals surface area contributed by atoms with Gasteiger partial charge in [0.05, 0.1) is 11.9 Å². The largest absolute Gasteiger partial charge is 0.459 e. The zero-order chi connectivity index (χ0) is 14.0.